The molecule has 3 aromatic heterocycles. The molecule has 6 heterocycles. The van der Waals surface area contributed by atoms with E-state index in [0.717, 1.165) is 86.3 Å². The van der Waals surface area contributed by atoms with Crippen molar-refractivity contribution < 1.29 is 33.8 Å². The summed E-state index contributed by atoms with van der Waals surface area (Å²) < 4.78 is 12.3. The van der Waals surface area contributed by atoms with Crippen LogP contribution in [0.15, 0.2) is 60.2 Å². The van der Waals surface area contributed by atoms with Gasteiger partial charge in [-0.1, -0.05) is 72.7 Å². The third kappa shape index (κ3) is 12.7. The molecule has 76 heavy (non-hydrogen) atoms. The van der Waals surface area contributed by atoms with Crippen molar-refractivity contribution >= 4 is 40.8 Å². The van der Waals surface area contributed by atoms with E-state index >= 15 is 0 Å². The quantitative estimate of drug-likeness (QED) is 0.110. The lowest BCUT2D eigenvalue weighted by atomic mass is 9.49. The van der Waals surface area contributed by atoms with E-state index in [-0.39, 0.29) is 60.3 Å². The highest BCUT2D eigenvalue weighted by Gasteiger charge is 2.64. The largest absolute Gasteiger partial charge is 0.473 e. The summed E-state index contributed by atoms with van der Waals surface area (Å²) in [5.74, 6) is -0.186. The lowest BCUT2D eigenvalue weighted by Gasteiger charge is -2.62. The van der Waals surface area contributed by atoms with Crippen molar-refractivity contribution in [2.75, 3.05) is 83.4 Å². The fraction of sp³-hybridized carbons (Fsp3) is 0.579. The maximum Gasteiger partial charge on any atom is 0.320 e. The molecule has 3 amide bonds. The second kappa shape index (κ2) is 23.3. The van der Waals surface area contributed by atoms with Gasteiger partial charge in [0.05, 0.1) is 51.6 Å². The van der Waals surface area contributed by atoms with Gasteiger partial charge in [0, 0.05) is 99.9 Å². The van der Waals surface area contributed by atoms with Gasteiger partial charge in [0.1, 0.15) is 24.0 Å². The van der Waals surface area contributed by atoms with Gasteiger partial charge in [-0.05, 0) is 69.6 Å². The molecule has 0 radical (unpaired) electrons. The molecular weight excluding hydrogens is 983 g/mol. The molecule has 4 atom stereocenters. The first kappa shape index (κ1) is 56.2. The molecule has 3 aliphatic heterocycles. The number of aromatic nitrogens is 3. The number of β-amino-alcohol motifs (C(OH)–C–C–N with tert-alkyl or cyclic N) is 1. The zero-order chi connectivity index (χ0) is 54.7. The van der Waals surface area contributed by atoms with Crippen LogP contribution in [0, 0.1) is 41.4 Å². The molecule has 4 aliphatic rings. The molecule has 3 N–H and O–H groups in total. The summed E-state index contributed by atoms with van der Waals surface area (Å²) in [6.45, 7) is 28.1. The summed E-state index contributed by atoms with van der Waals surface area (Å²) >= 11 is 1.58. The van der Waals surface area contributed by atoms with Crippen molar-refractivity contribution in [2.24, 2.45) is 16.2 Å². The number of esters is 1. The van der Waals surface area contributed by atoms with Gasteiger partial charge >= 0.3 is 5.97 Å². The van der Waals surface area contributed by atoms with Crippen LogP contribution in [0.5, 0.6) is 5.88 Å². The van der Waals surface area contributed by atoms with Gasteiger partial charge in [-0.15, -0.1) is 11.3 Å². The number of hydrogen-bond acceptors (Lipinski definition) is 16. The molecule has 0 spiro atoms. The number of piperazine rings is 2. The molecule has 19 heteroatoms. The fourth-order valence-electron chi connectivity index (χ4n) is 11.8. The number of carbonyl (C=O) groups excluding carboxylic acids is 4. The lowest BCUT2D eigenvalue weighted by Crippen LogP contribution is -2.74. The Hall–Kier alpha value is -6.04. The van der Waals surface area contributed by atoms with Gasteiger partial charge in [-0.2, -0.15) is 5.26 Å². The van der Waals surface area contributed by atoms with Crippen LogP contribution in [0.3, 0.4) is 0 Å². The number of ether oxygens (including phenoxy) is 2. The number of aliphatic hydroxyl groups is 1. The molecule has 0 bridgehead atoms. The normalized spacial score (nSPS) is 22.7. The molecule has 0 unspecified atom stereocenters. The number of rotatable bonds is 17. The molecule has 4 fully saturated rings. The van der Waals surface area contributed by atoms with Crippen LogP contribution in [0.4, 0.5) is 5.82 Å². The van der Waals surface area contributed by atoms with Crippen molar-refractivity contribution in [1.82, 2.24) is 45.2 Å². The third-order valence-electron chi connectivity index (χ3n) is 15.9. The smallest absolute Gasteiger partial charge is 0.320 e. The molecule has 1 aliphatic carbocycles. The van der Waals surface area contributed by atoms with Crippen LogP contribution < -0.4 is 20.3 Å². The zero-order valence-electron chi connectivity index (χ0n) is 46.0. The van der Waals surface area contributed by atoms with Crippen molar-refractivity contribution in [1.29, 1.82) is 5.26 Å². The van der Waals surface area contributed by atoms with Gasteiger partial charge < -0.3 is 39.9 Å². The van der Waals surface area contributed by atoms with Crippen LogP contribution in [0.25, 0.3) is 10.4 Å². The predicted octanol–water partition coefficient (Wildman–Crippen LogP) is 5.63. The van der Waals surface area contributed by atoms with E-state index in [9.17, 15) is 29.5 Å². The SMILES string of the molecule is Cc1nc(O[C@H]2C(C)(C)[C@H](NC(=O)c3ccc(N4CCN(CCCN5CCN(CC(=O)O[C@H](C(=O)N6C[C@H](O)C[C@H]6C(=O)N[C@@H](C)c6ccc(-c7scnc7C)cc6)C(C)(C)C)CC5)CC4)nc3)C2(C)C)ccc1C#N. The number of pyridine rings is 2. The Bertz CT molecular complexity index is 2720. The van der Waals surface area contributed by atoms with Crippen LogP contribution in [0.1, 0.15) is 107 Å². The van der Waals surface area contributed by atoms with Gasteiger partial charge in [-0.25, -0.2) is 15.0 Å². The number of benzene rings is 1. The van der Waals surface area contributed by atoms with E-state index in [2.05, 4.69) is 74.0 Å². The Morgan fingerprint density at radius 3 is 2.09 bits per heavy atom. The number of nitrogens with one attached hydrogen (secondary N) is 2. The maximum atomic E-state index is 14.2. The van der Waals surface area contributed by atoms with Crippen LogP contribution in [-0.4, -0.2) is 172 Å². The molecule has 18 nitrogen and oxygen atoms in total. The second-order valence-corrected chi connectivity index (χ2v) is 24.3. The highest BCUT2D eigenvalue weighted by atomic mass is 32.1. The number of nitriles is 1. The molecule has 408 valence electrons. The Balaban J connectivity index is 0.728. The summed E-state index contributed by atoms with van der Waals surface area (Å²) in [6, 6.07) is 15.9. The van der Waals surface area contributed by atoms with E-state index in [4.69, 9.17) is 14.5 Å². The Morgan fingerprint density at radius 1 is 0.868 bits per heavy atom. The lowest BCUT2D eigenvalue weighted by molar-refractivity contribution is -0.169. The number of hydrogen-bond donors (Lipinski definition) is 3. The minimum absolute atomic E-state index is 0.0219. The van der Waals surface area contributed by atoms with Gasteiger partial charge in [-0.3, -0.25) is 29.0 Å². The summed E-state index contributed by atoms with van der Waals surface area (Å²) in [4.78, 5) is 80.3. The number of likely N-dealkylation sites (tertiary alicyclic amines) is 1. The van der Waals surface area contributed by atoms with Crippen LogP contribution in [0.2, 0.25) is 0 Å². The maximum absolute atomic E-state index is 14.2. The number of aliphatic hydroxyl groups excluding tert-OH is 1. The fourth-order valence-corrected chi connectivity index (χ4v) is 12.6. The van der Waals surface area contributed by atoms with Crippen molar-refractivity contribution in [3.8, 4) is 22.4 Å². The van der Waals surface area contributed by atoms with E-state index in [1.807, 2.05) is 76.5 Å². The summed E-state index contributed by atoms with van der Waals surface area (Å²) in [5.41, 5.74) is 4.88. The summed E-state index contributed by atoms with van der Waals surface area (Å²) in [5, 5.41) is 26.3. The number of carbonyl (C=O) groups is 4. The Labute approximate surface area is 452 Å². The summed E-state index contributed by atoms with van der Waals surface area (Å²) in [6.07, 6.45) is 0.555. The number of thiazole rings is 1. The Morgan fingerprint density at radius 2 is 1.51 bits per heavy atom. The highest BCUT2D eigenvalue weighted by molar-refractivity contribution is 7.13. The van der Waals surface area contributed by atoms with E-state index in [0.29, 0.717) is 35.8 Å². The third-order valence-corrected chi connectivity index (χ3v) is 16.9. The molecule has 8 rings (SSSR count). The highest BCUT2D eigenvalue weighted by Crippen LogP contribution is 2.55. The number of amides is 3. The minimum Gasteiger partial charge on any atom is -0.473 e. The van der Waals surface area contributed by atoms with Crippen molar-refractivity contribution in [3.63, 3.8) is 0 Å². The van der Waals surface area contributed by atoms with E-state index in [1.54, 1.807) is 36.6 Å². The van der Waals surface area contributed by atoms with Crippen molar-refractivity contribution in [2.45, 2.75) is 119 Å². The van der Waals surface area contributed by atoms with Gasteiger partial charge in [0.15, 0.2) is 6.10 Å². The average Bonchev–Trinajstić information content (AvgIpc) is 4.01. The first-order valence-corrected chi connectivity index (χ1v) is 27.6. The van der Waals surface area contributed by atoms with Gasteiger partial charge in [0.2, 0.25) is 11.8 Å². The average molecular weight is 1060 g/mol. The zero-order valence-corrected chi connectivity index (χ0v) is 46.8. The standard InChI is InChI=1S/C57H77N11O7S/c1-36(39-12-14-40(15-13-39)48-38(3)60-35-76-48)62-51(72)44-30-43(69)33-68(44)52(73)49(55(4,5)6)75-47(70)34-66-24-22-64(23-25-66)20-11-21-65-26-28-67(29-27-65)45-18-16-42(32-59-45)50(71)63-53-56(7,8)54(57(53,9)10)74-46-19-17-41(31-58)37(2)61-46/h12-19,32,35-36,43-44,49,53-54,69H,11,20-30,33-34H2,1-10H3,(H,62,72)(H,63,71)/t36-,43+,44-,49+,53-,54-/m0/s1. The monoisotopic (exact) mass is 1060 g/mol. The first-order valence-electron chi connectivity index (χ1n) is 26.8. The first-order chi connectivity index (χ1) is 36.0. The van der Waals surface area contributed by atoms with E-state index < -0.39 is 35.5 Å². The minimum atomic E-state index is -1.14. The number of aryl methyl sites for hydroxylation is 2. The molecule has 1 aromatic carbocycles. The molecule has 3 saturated heterocycles. The van der Waals surface area contributed by atoms with Gasteiger partial charge in [0.25, 0.3) is 11.8 Å². The van der Waals surface area contributed by atoms with Crippen LogP contribution >= 0.6 is 11.3 Å². The number of nitrogens with zero attached hydrogens (tertiary/aromatic N) is 9. The van der Waals surface area contributed by atoms with Crippen molar-refractivity contribution in [3.05, 3.63) is 88.3 Å². The Kier molecular flexibility index (Phi) is 17.2. The second-order valence-electron chi connectivity index (χ2n) is 23.4. The molecule has 4 aromatic rings. The molecular formula is C57H77N11O7S. The molecule has 1 saturated carbocycles. The summed E-state index contributed by atoms with van der Waals surface area (Å²) in [7, 11) is 0. The van der Waals surface area contributed by atoms with E-state index in [1.165, 1.54) is 4.90 Å². The predicted molar refractivity (Wildman–Crippen MR) is 292 cm³/mol. The number of anilines is 1. The van der Waals surface area contributed by atoms with Crippen LogP contribution in [-0.2, 0) is 19.1 Å². The topological polar surface area (TPSA) is 210 Å².